The molecule has 0 unspecified atom stereocenters. The zero-order valence-corrected chi connectivity index (χ0v) is 20.3. The summed E-state index contributed by atoms with van der Waals surface area (Å²) in [6, 6.07) is 8.42. The third kappa shape index (κ3) is 5.37. The van der Waals surface area contributed by atoms with Gasteiger partial charge >= 0.3 is 0 Å². The molecule has 0 atom stereocenters. The van der Waals surface area contributed by atoms with Crippen LogP contribution in [0.1, 0.15) is 38.4 Å². The number of nitrogens with two attached hydrogens (primary N) is 1. The van der Waals surface area contributed by atoms with Gasteiger partial charge in [-0.3, -0.25) is 0 Å². The van der Waals surface area contributed by atoms with Gasteiger partial charge in [0.15, 0.2) is 5.82 Å². The normalized spacial score (nSPS) is 16.4. The topological polar surface area (TPSA) is 106 Å². The number of aryl methyl sites for hydroxylation is 1. The van der Waals surface area contributed by atoms with Gasteiger partial charge in [-0.1, -0.05) is 43.7 Å². The van der Waals surface area contributed by atoms with Crippen LogP contribution in [0.3, 0.4) is 0 Å². The molecular formula is C24H34N6O2S. The number of hydrogen-bond donors (Lipinski definition) is 2. The lowest BCUT2D eigenvalue weighted by atomic mass is 10.1. The predicted octanol–water partition coefficient (Wildman–Crippen LogP) is 3.08. The number of benzene rings is 1. The molecular weight excluding hydrogens is 436 g/mol. The van der Waals surface area contributed by atoms with Crippen molar-refractivity contribution in [3.05, 3.63) is 42.2 Å². The van der Waals surface area contributed by atoms with Gasteiger partial charge in [-0.2, -0.15) is 0 Å². The van der Waals surface area contributed by atoms with E-state index in [0.29, 0.717) is 24.9 Å². The van der Waals surface area contributed by atoms with Crippen molar-refractivity contribution in [1.29, 1.82) is 0 Å². The Hall–Kier alpha value is -2.49. The quantitative estimate of drug-likeness (QED) is 0.466. The number of sulfonamides is 1. The molecule has 1 aromatic carbocycles. The maximum atomic E-state index is 11.7. The molecule has 0 amide bonds. The molecule has 1 aliphatic rings. The third-order valence-corrected chi connectivity index (χ3v) is 7.65. The molecule has 1 saturated heterocycles. The fourth-order valence-electron chi connectivity index (χ4n) is 4.52. The van der Waals surface area contributed by atoms with E-state index in [-0.39, 0.29) is 0 Å². The molecule has 8 nitrogen and oxygen atoms in total. The van der Waals surface area contributed by atoms with Crippen LogP contribution in [0.15, 0.2) is 36.4 Å². The van der Waals surface area contributed by atoms with Crippen LogP contribution in [0.5, 0.6) is 0 Å². The van der Waals surface area contributed by atoms with Crippen LogP contribution in [0.2, 0.25) is 0 Å². The fourth-order valence-corrected chi connectivity index (χ4v) is 5.39. The van der Waals surface area contributed by atoms with Gasteiger partial charge in [0.25, 0.3) is 0 Å². The van der Waals surface area contributed by atoms with Gasteiger partial charge in [-0.25, -0.2) is 22.7 Å². The lowest BCUT2D eigenvalue weighted by molar-refractivity contribution is 0.296. The summed E-state index contributed by atoms with van der Waals surface area (Å²) in [5.74, 6) is 1.52. The van der Waals surface area contributed by atoms with Crippen LogP contribution in [0.4, 0.5) is 5.82 Å². The summed E-state index contributed by atoms with van der Waals surface area (Å²) in [4.78, 5) is 9.42. The Morgan fingerprint density at radius 2 is 1.94 bits per heavy atom. The highest BCUT2D eigenvalue weighted by atomic mass is 32.2. The van der Waals surface area contributed by atoms with E-state index in [1.165, 1.54) is 6.26 Å². The van der Waals surface area contributed by atoms with E-state index in [4.69, 9.17) is 10.7 Å². The number of nitrogens with one attached hydrogen (secondary N) is 1. The van der Waals surface area contributed by atoms with Crippen LogP contribution < -0.4 is 11.1 Å². The van der Waals surface area contributed by atoms with Crippen molar-refractivity contribution in [3.63, 3.8) is 0 Å². The molecule has 3 heterocycles. The number of para-hydroxylation sites is 1. The fraction of sp³-hybridized carbons (Fsp3) is 0.500. The second-order valence-corrected chi connectivity index (χ2v) is 10.8. The number of aromatic nitrogens is 3. The van der Waals surface area contributed by atoms with Gasteiger partial charge in [0.05, 0.1) is 17.3 Å². The minimum absolute atomic E-state index is 0.344. The summed E-state index contributed by atoms with van der Waals surface area (Å²) < 4.78 is 27.2. The molecule has 0 bridgehead atoms. The second kappa shape index (κ2) is 10.2. The number of rotatable bonds is 9. The number of nitrogens with zero attached hydrogens (tertiary/aromatic N) is 4. The first kappa shape index (κ1) is 23.7. The summed E-state index contributed by atoms with van der Waals surface area (Å²) >= 11 is 0. The van der Waals surface area contributed by atoms with Gasteiger partial charge in [0.2, 0.25) is 10.0 Å². The smallest absolute Gasteiger partial charge is 0.211 e. The molecule has 4 rings (SSSR count). The molecule has 9 heteroatoms. The van der Waals surface area contributed by atoms with Crippen molar-refractivity contribution >= 4 is 37.8 Å². The van der Waals surface area contributed by atoms with Gasteiger partial charge in [0, 0.05) is 44.0 Å². The SMILES string of the molecule is CCCCc1nc2c(N)nc3ccccc3c2n1C/C=C/CNC1CCN(S(C)(=O)=O)CC1. The lowest BCUT2D eigenvalue weighted by Gasteiger charge is -2.30. The minimum atomic E-state index is -3.08. The van der Waals surface area contributed by atoms with Gasteiger partial charge in [-0.15, -0.1) is 0 Å². The average Bonchev–Trinajstić information content (AvgIpc) is 3.16. The summed E-state index contributed by atoms with van der Waals surface area (Å²) in [6.45, 7) is 4.83. The Morgan fingerprint density at radius 1 is 1.18 bits per heavy atom. The Balaban J connectivity index is 1.47. The van der Waals surface area contributed by atoms with Crippen molar-refractivity contribution in [2.45, 2.75) is 51.6 Å². The number of allylic oxidation sites excluding steroid dienone is 1. The summed E-state index contributed by atoms with van der Waals surface area (Å²) in [7, 11) is -3.08. The maximum absolute atomic E-state index is 11.7. The Kier molecular flexibility index (Phi) is 7.31. The van der Waals surface area contributed by atoms with Gasteiger partial charge < -0.3 is 15.6 Å². The highest BCUT2D eigenvalue weighted by Gasteiger charge is 2.24. The largest absolute Gasteiger partial charge is 0.382 e. The van der Waals surface area contributed by atoms with E-state index in [0.717, 1.165) is 73.0 Å². The summed E-state index contributed by atoms with van der Waals surface area (Å²) in [5, 5.41) is 4.61. The van der Waals surface area contributed by atoms with Crippen LogP contribution in [0.25, 0.3) is 21.9 Å². The molecule has 33 heavy (non-hydrogen) atoms. The van der Waals surface area contributed by atoms with Crippen LogP contribution in [-0.2, 0) is 23.0 Å². The Morgan fingerprint density at radius 3 is 2.67 bits per heavy atom. The molecule has 0 saturated carbocycles. The van der Waals surface area contributed by atoms with Crippen molar-refractivity contribution in [2.24, 2.45) is 0 Å². The van der Waals surface area contributed by atoms with E-state index < -0.39 is 10.0 Å². The first-order valence-electron chi connectivity index (χ1n) is 11.7. The molecule has 0 radical (unpaired) electrons. The van der Waals surface area contributed by atoms with E-state index in [1.807, 2.05) is 18.2 Å². The van der Waals surface area contributed by atoms with E-state index in [2.05, 4.69) is 40.0 Å². The molecule has 1 fully saturated rings. The number of piperidine rings is 1. The highest BCUT2D eigenvalue weighted by molar-refractivity contribution is 7.88. The number of nitrogen functional groups attached to an aromatic ring is 1. The van der Waals surface area contributed by atoms with Crippen molar-refractivity contribution < 1.29 is 8.42 Å². The first-order chi connectivity index (χ1) is 15.9. The average molecular weight is 471 g/mol. The zero-order valence-electron chi connectivity index (χ0n) is 19.5. The molecule has 3 N–H and O–H groups in total. The lowest BCUT2D eigenvalue weighted by Crippen LogP contribution is -2.44. The number of anilines is 1. The predicted molar refractivity (Wildman–Crippen MR) is 135 cm³/mol. The van der Waals surface area contributed by atoms with Crippen LogP contribution in [0, 0.1) is 0 Å². The highest BCUT2D eigenvalue weighted by Crippen LogP contribution is 2.29. The van der Waals surface area contributed by atoms with Crippen molar-refractivity contribution in [3.8, 4) is 0 Å². The molecule has 3 aromatic rings. The molecule has 0 aliphatic carbocycles. The molecule has 1 aliphatic heterocycles. The minimum Gasteiger partial charge on any atom is -0.382 e. The number of pyridine rings is 1. The standard InChI is InChI=1S/C24H34N6O2S/c1-3-4-11-21-28-22-23(19-9-5-6-10-20(19)27-24(22)25)30(21)15-8-7-14-26-18-12-16-29(17-13-18)33(2,31)32/h5-10,18,26H,3-4,11-17H2,1-2H3,(H2,25,27)/b8-7+. The number of fused-ring (bicyclic) bond motifs is 3. The molecule has 178 valence electrons. The Labute approximate surface area is 195 Å². The van der Waals surface area contributed by atoms with Crippen molar-refractivity contribution in [1.82, 2.24) is 24.2 Å². The van der Waals surface area contributed by atoms with Crippen molar-refractivity contribution in [2.75, 3.05) is 31.6 Å². The monoisotopic (exact) mass is 470 g/mol. The van der Waals surface area contributed by atoms with Gasteiger partial charge in [0.1, 0.15) is 11.3 Å². The third-order valence-electron chi connectivity index (χ3n) is 6.35. The number of unbranched alkanes of at least 4 members (excludes halogenated alkanes) is 1. The van der Waals surface area contributed by atoms with Gasteiger partial charge in [-0.05, 0) is 25.3 Å². The first-order valence-corrected chi connectivity index (χ1v) is 13.6. The Bertz CT molecular complexity index is 1240. The zero-order chi connectivity index (χ0) is 23.4. The molecule has 0 spiro atoms. The number of hydrogen-bond acceptors (Lipinski definition) is 6. The second-order valence-electron chi connectivity index (χ2n) is 8.77. The van der Waals surface area contributed by atoms with E-state index in [1.54, 1.807) is 4.31 Å². The summed E-state index contributed by atoms with van der Waals surface area (Å²) in [6.07, 6.45) is 10.4. The summed E-state index contributed by atoms with van der Waals surface area (Å²) in [5.41, 5.74) is 8.99. The maximum Gasteiger partial charge on any atom is 0.211 e. The van der Waals surface area contributed by atoms with E-state index in [9.17, 15) is 8.42 Å². The number of imidazole rings is 1. The van der Waals surface area contributed by atoms with Crippen LogP contribution >= 0.6 is 0 Å². The van der Waals surface area contributed by atoms with Crippen LogP contribution in [-0.4, -0.2) is 59.2 Å². The van der Waals surface area contributed by atoms with E-state index >= 15 is 0 Å². The molecule has 2 aromatic heterocycles.